The lowest BCUT2D eigenvalue weighted by Crippen LogP contribution is -2.31. The molecule has 1 aliphatic rings. The van der Waals surface area contributed by atoms with E-state index in [0.29, 0.717) is 41.3 Å². The van der Waals surface area contributed by atoms with Gasteiger partial charge in [-0.25, -0.2) is 0 Å². The Hall–Kier alpha value is -1.42. The zero-order valence-corrected chi connectivity index (χ0v) is 13.3. The van der Waals surface area contributed by atoms with Crippen molar-refractivity contribution < 1.29 is 14.3 Å². The summed E-state index contributed by atoms with van der Waals surface area (Å²) < 4.78 is 10.4. The highest BCUT2D eigenvalue weighted by Gasteiger charge is 2.26. The smallest absolute Gasteiger partial charge is 0.251 e. The zero-order valence-electron chi connectivity index (χ0n) is 12.5. The summed E-state index contributed by atoms with van der Waals surface area (Å²) in [6.45, 7) is 0.685. The number of rotatable bonds is 6. The third-order valence-corrected chi connectivity index (χ3v) is 4.58. The SMILES string of the molecule is COc1ccc(C(=O)NCC2CCCC2CCl)cc1OC. The molecule has 5 heteroatoms. The number of ether oxygens (including phenoxy) is 2. The highest BCUT2D eigenvalue weighted by molar-refractivity contribution is 6.18. The Kier molecular flexibility index (Phi) is 5.74. The average Bonchev–Trinajstić information content (AvgIpc) is 2.99. The van der Waals surface area contributed by atoms with E-state index in [1.165, 1.54) is 12.8 Å². The Balaban J connectivity index is 1.97. The summed E-state index contributed by atoms with van der Waals surface area (Å²) in [5.41, 5.74) is 0.577. The van der Waals surface area contributed by atoms with Gasteiger partial charge in [-0.3, -0.25) is 4.79 Å². The van der Waals surface area contributed by atoms with Crippen molar-refractivity contribution in [3.63, 3.8) is 0 Å². The molecule has 0 radical (unpaired) electrons. The first-order valence-electron chi connectivity index (χ1n) is 7.25. The monoisotopic (exact) mass is 311 g/mol. The summed E-state index contributed by atoms with van der Waals surface area (Å²) >= 11 is 5.96. The molecule has 1 amide bonds. The molecule has 2 rings (SSSR count). The number of carbonyl (C=O) groups is 1. The van der Waals surface area contributed by atoms with Gasteiger partial charge in [0.25, 0.3) is 5.91 Å². The van der Waals surface area contributed by atoms with Crippen molar-refractivity contribution in [2.75, 3.05) is 26.6 Å². The van der Waals surface area contributed by atoms with E-state index in [4.69, 9.17) is 21.1 Å². The van der Waals surface area contributed by atoms with Crippen LogP contribution < -0.4 is 14.8 Å². The topological polar surface area (TPSA) is 47.6 Å². The van der Waals surface area contributed by atoms with Crippen molar-refractivity contribution in [1.82, 2.24) is 5.32 Å². The van der Waals surface area contributed by atoms with Crippen LogP contribution in [-0.4, -0.2) is 32.6 Å². The maximum Gasteiger partial charge on any atom is 0.251 e. The molecule has 1 saturated carbocycles. The van der Waals surface area contributed by atoms with Gasteiger partial charge in [-0.1, -0.05) is 6.42 Å². The molecule has 21 heavy (non-hydrogen) atoms. The Morgan fingerprint density at radius 3 is 2.62 bits per heavy atom. The van der Waals surface area contributed by atoms with E-state index in [9.17, 15) is 4.79 Å². The molecule has 0 bridgehead atoms. The molecule has 1 aromatic rings. The van der Waals surface area contributed by atoms with Crippen LogP contribution in [0, 0.1) is 11.8 Å². The fraction of sp³-hybridized carbons (Fsp3) is 0.562. The second kappa shape index (κ2) is 7.55. The fourth-order valence-electron chi connectivity index (χ4n) is 2.89. The Morgan fingerprint density at radius 1 is 1.24 bits per heavy atom. The standard InChI is InChI=1S/C16H22ClNO3/c1-20-14-7-6-11(8-15(14)21-2)16(19)18-10-13-5-3-4-12(13)9-17/h6-8,12-13H,3-5,9-10H2,1-2H3,(H,18,19). The van der Waals surface area contributed by atoms with E-state index >= 15 is 0 Å². The van der Waals surface area contributed by atoms with Gasteiger partial charge in [-0.2, -0.15) is 0 Å². The molecule has 2 unspecified atom stereocenters. The largest absolute Gasteiger partial charge is 0.493 e. The van der Waals surface area contributed by atoms with Gasteiger partial charge < -0.3 is 14.8 Å². The second-order valence-electron chi connectivity index (χ2n) is 5.39. The molecule has 0 saturated heterocycles. The minimum absolute atomic E-state index is 0.0869. The molecule has 0 heterocycles. The Bertz CT molecular complexity index is 492. The van der Waals surface area contributed by atoms with Gasteiger partial charge in [0.15, 0.2) is 11.5 Å². The zero-order chi connectivity index (χ0) is 15.2. The normalized spacial score (nSPS) is 21.1. The first-order valence-corrected chi connectivity index (χ1v) is 7.79. The van der Waals surface area contributed by atoms with Crippen LogP contribution in [0.3, 0.4) is 0 Å². The summed E-state index contributed by atoms with van der Waals surface area (Å²) in [4.78, 5) is 12.2. The minimum atomic E-state index is -0.0869. The van der Waals surface area contributed by atoms with Gasteiger partial charge in [0.2, 0.25) is 0 Å². The minimum Gasteiger partial charge on any atom is -0.493 e. The van der Waals surface area contributed by atoms with Crippen LogP contribution >= 0.6 is 11.6 Å². The van der Waals surface area contributed by atoms with Crippen LogP contribution in [0.5, 0.6) is 11.5 Å². The molecule has 0 aliphatic heterocycles. The summed E-state index contributed by atoms with van der Waals surface area (Å²) in [7, 11) is 3.13. The van der Waals surface area contributed by atoms with E-state index < -0.39 is 0 Å². The molecule has 0 aromatic heterocycles. The number of hydrogen-bond acceptors (Lipinski definition) is 3. The average molecular weight is 312 g/mol. The number of hydrogen-bond donors (Lipinski definition) is 1. The first-order chi connectivity index (χ1) is 10.2. The quantitative estimate of drug-likeness (QED) is 0.821. The third-order valence-electron chi connectivity index (χ3n) is 4.19. The van der Waals surface area contributed by atoms with Crippen molar-refractivity contribution in [2.24, 2.45) is 11.8 Å². The highest BCUT2D eigenvalue weighted by atomic mass is 35.5. The van der Waals surface area contributed by atoms with E-state index in [1.807, 2.05) is 0 Å². The van der Waals surface area contributed by atoms with Crippen molar-refractivity contribution >= 4 is 17.5 Å². The number of halogens is 1. The molecule has 1 aliphatic carbocycles. The highest BCUT2D eigenvalue weighted by Crippen LogP contribution is 2.32. The number of nitrogens with one attached hydrogen (secondary N) is 1. The van der Waals surface area contributed by atoms with Crippen LogP contribution in [0.15, 0.2) is 18.2 Å². The lowest BCUT2D eigenvalue weighted by atomic mass is 9.98. The summed E-state index contributed by atoms with van der Waals surface area (Å²) in [5, 5.41) is 3.00. The molecule has 4 nitrogen and oxygen atoms in total. The molecule has 2 atom stereocenters. The third kappa shape index (κ3) is 3.82. The van der Waals surface area contributed by atoms with Gasteiger partial charge in [-0.15, -0.1) is 11.6 Å². The first kappa shape index (κ1) is 16.0. The molecule has 116 valence electrons. The molecular weight excluding hydrogens is 290 g/mol. The van der Waals surface area contributed by atoms with Crippen LogP contribution in [-0.2, 0) is 0 Å². The van der Waals surface area contributed by atoms with E-state index in [2.05, 4.69) is 5.32 Å². The Labute approximate surface area is 130 Å². The van der Waals surface area contributed by atoms with E-state index in [0.717, 1.165) is 6.42 Å². The van der Waals surface area contributed by atoms with Gasteiger partial charge in [0.1, 0.15) is 0 Å². The molecule has 1 N–H and O–H groups in total. The molecule has 1 fully saturated rings. The Morgan fingerprint density at radius 2 is 1.95 bits per heavy atom. The van der Waals surface area contributed by atoms with Crippen molar-refractivity contribution in [3.8, 4) is 11.5 Å². The van der Waals surface area contributed by atoms with Crippen LogP contribution in [0.1, 0.15) is 29.6 Å². The lowest BCUT2D eigenvalue weighted by Gasteiger charge is -2.18. The number of amides is 1. The lowest BCUT2D eigenvalue weighted by molar-refractivity contribution is 0.0944. The maximum absolute atomic E-state index is 12.2. The number of benzene rings is 1. The fourth-order valence-corrected chi connectivity index (χ4v) is 3.30. The summed E-state index contributed by atoms with van der Waals surface area (Å²) in [6, 6.07) is 5.18. The maximum atomic E-state index is 12.2. The van der Waals surface area contributed by atoms with Crippen molar-refractivity contribution in [3.05, 3.63) is 23.8 Å². The second-order valence-corrected chi connectivity index (χ2v) is 5.69. The van der Waals surface area contributed by atoms with Crippen molar-refractivity contribution in [2.45, 2.75) is 19.3 Å². The number of alkyl halides is 1. The number of carbonyl (C=O) groups excluding carboxylic acids is 1. The predicted octanol–water partition coefficient (Wildman–Crippen LogP) is 3.09. The van der Waals surface area contributed by atoms with Crippen molar-refractivity contribution in [1.29, 1.82) is 0 Å². The van der Waals surface area contributed by atoms with E-state index in [1.54, 1.807) is 32.4 Å². The van der Waals surface area contributed by atoms with E-state index in [-0.39, 0.29) is 5.91 Å². The van der Waals surface area contributed by atoms with Crippen LogP contribution in [0.2, 0.25) is 0 Å². The van der Waals surface area contributed by atoms with Crippen LogP contribution in [0.4, 0.5) is 0 Å². The predicted molar refractivity (Wildman–Crippen MR) is 83.4 cm³/mol. The summed E-state index contributed by atoms with van der Waals surface area (Å²) in [5.74, 6) is 2.79. The molecule has 1 aromatic carbocycles. The van der Waals surface area contributed by atoms with Gasteiger partial charge >= 0.3 is 0 Å². The molecular formula is C16H22ClNO3. The molecule has 0 spiro atoms. The summed E-state index contributed by atoms with van der Waals surface area (Å²) in [6.07, 6.45) is 3.51. The van der Waals surface area contributed by atoms with Gasteiger partial charge in [0, 0.05) is 18.0 Å². The van der Waals surface area contributed by atoms with Gasteiger partial charge in [0.05, 0.1) is 14.2 Å². The number of methoxy groups -OCH3 is 2. The van der Waals surface area contributed by atoms with Crippen LogP contribution in [0.25, 0.3) is 0 Å². The van der Waals surface area contributed by atoms with Gasteiger partial charge in [-0.05, 0) is 42.9 Å².